The van der Waals surface area contributed by atoms with Crippen molar-refractivity contribution in [1.29, 1.82) is 0 Å². The summed E-state index contributed by atoms with van der Waals surface area (Å²) in [4.78, 5) is 7.28. The SMILES string of the molecule is Nc1c2c(C(F)(F)F)nc(S(=O)c3cccc(Cl)c3)nc2nn1-c1c(Cl)cc(C(F)(F)F)cc1Cl. The number of halogens is 9. The van der Waals surface area contributed by atoms with Gasteiger partial charge in [-0.3, -0.25) is 0 Å². The van der Waals surface area contributed by atoms with E-state index in [0.717, 1.165) is 0 Å². The largest absolute Gasteiger partial charge is 0.434 e. The Kier molecular flexibility index (Phi) is 6.41. The first-order chi connectivity index (χ1) is 16.2. The maximum atomic E-state index is 13.9. The van der Waals surface area contributed by atoms with Crippen LogP contribution in [0.2, 0.25) is 15.1 Å². The summed E-state index contributed by atoms with van der Waals surface area (Å²) in [6.45, 7) is 0. The maximum Gasteiger partial charge on any atom is 0.434 e. The Balaban J connectivity index is 1.97. The third-order valence-corrected chi connectivity index (χ3v) is 6.56. The normalized spacial score (nSPS) is 13.4. The molecule has 0 bridgehead atoms. The van der Waals surface area contributed by atoms with Gasteiger partial charge < -0.3 is 5.73 Å². The molecule has 0 aliphatic carbocycles. The third kappa shape index (κ3) is 4.77. The average Bonchev–Trinajstić information content (AvgIpc) is 3.06. The number of hydrogen-bond acceptors (Lipinski definition) is 5. The molecular formula is C19H8Cl3F6N5OS. The number of nitrogens with zero attached hydrogens (tertiary/aromatic N) is 4. The van der Waals surface area contributed by atoms with E-state index in [2.05, 4.69) is 15.1 Å². The molecule has 0 saturated carbocycles. The maximum absolute atomic E-state index is 13.9. The van der Waals surface area contributed by atoms with Crippen molar-refractivity contribution in [3.05, 3.63) is 62.7 Å². The Morgan fingerprint density at radius 1 is 0.914 bits per heavy atom. The summed E-state index contributed by atoms with van der Waals surface area (Å²) < 4.78 is 94.3. The highest BCUT2D eigenvalue weighted by Crippen LogP contribution is 2.41. The fourth-order valence-electron chi connectivity index (χ4n) is 3.07. The molecule has 2 N–H and O–H groups in total. The first-order valence-corrected chi connectivity index (χ1v) is 11.3. The molecule has 4 rings (SSSR count). The van der Waals surface area contributed by atoms with Crippen LogP contribution < -0.4 is 5.73 Å². The summed E-state index contributed by atoms with van der Waals surface area (Å²) in [6, 6.07) is 6.53. The molecule has 16 heteroatoms. The van der Waals surface area contributed by atoms with Crippen LogP contribution in [0.3, 0.4) is 0 Å². The molecule has 0 aliphatic heterocycles. The van der Waals surface area contributed by atoms with E-state index in [-0.39, 0.29) is 9.92 Å². The minimum absolute atomic E-state index is 0.0196. The predicted molar refractivity (Wildman–Crippen MR) is 117 cm³/mol. The fourth-order valence-corrected chi connectivity index (χ4v) is 4.96. The molecule has 0 radical (unpaired) electrons. The van der Waals surface area contributed by atoms with E-state index in [1.807, 2.05) is 0 Å². The molecule has 0 amide bonds. The van der Waals surface area contributed by atoms with Crippen LogP contribution in [0.15, 0.2) is 46.5 Å². The molecule has 184 valence electrons. The van der Waals surface area contributed by atoms with Crippen LogP contribution in [0.25, 0.3) is 16.7 Å². The van der Waals surface area contributed by atoms with Crippen molar-refractivity contribution in [2.75, 3.05) is 5.73 Å². The van der Waals surface area contributed by atoms with Gasteiger partial charge in [0.25, 0.3) is 0 Å². The smallest absolute Gasteiger partial charge is 0.383 e. The lowest BCUT2D eigenvalue weighted by molar-refractivity contribution is -0.140. The molecule has 0 aliphatic rings. The van der Waals surface area contributed by atoms with Crippen LogP contribution in [0.4, 0.5) is 32.2 Å². The van der Waals surface area contributed by atoms with Gasteiger partial charge in [0.05, 0.1) is 21.0 Å². The second-order valence-electron chi connectivity index (χ2n) is 6.86. The second-order valence-corrected chi connectivity index (χ2v) is 9.49. The standard InChI is InChI=1S/C19H8Cl3F6N5OS/c20-8-2-1-3-9(6-8)35(34)17-30-14(19(26,27)28)12-15(29)33(32-16(12)31-17)13-10(21)4-7(5-11(13)22)18(23,24)25/h1-6H,29H2. The van der Waals surface area contributed by atoms with E-state index in [4.69, 9.17) is 40.5 Å². The van der Waals surface area contributed by atoms with Gasteiger partial charge in [0.2, 0.25) is 5.16 Å². The summed E-state index contributed by atoms with van der Waals surface area (Å²) in [5.74, 6) is -0.698. The van der Waals surface area contributed by atoms with Gasteiger partial charge in [0.1, 0.15) is 22.3 Å². The highest BCUT2D eigenvalue weighted by Gasteiger charge is 2.39. The van der Waals surface area contributed by atoms with Crippen molar-refractivity contribution in [3.63, 3.8) is 0 Å². The van der Waals surface area contributed by atoms with Gasteiger partial charge in [0.15, 0.2) is 11.3 Å². The molecule has 35 heavy (non-hydrogen) atoms. The second kappa shape index (κ2) is 8.80. The van der Waals surface area contributed by atoms with Crippen LogP contribution in [-0.2, 0) is 23.2 Å². The highest BCUT2D eigenvalue weighted by atomic mass is 35.5. The molecule has 6 nitrogen and oxygen atoms in total. The predicted octanol–water partition coefficient (Wildman–Crippen LogP) is 6.56. The number of fused-ring (bicyclic) bond motifs is 1. The molecular weight excluding hydrogens is 567 g/mol. The van der Waals surface area contributed by atoms with Gasteiger partial charge in [-0.05, 0) is 30.3 Å². The number of nitrogens with two attached hydrogens (primary N) is 1. The minimum Gasteiger partial charge on any atom is -0.383 e. The summed E-state index contributed by atoms with van der Waals surface area (Å²) in [6.07, 6.45) is -9.88. The first-order valence-electron chi connectivity index (χ1n) is 9.06. The summed E-state index contributed by atoms with van der Waals surface area (Å²) in [7, 11) is -2.30. The molecule has 0 fully saturated rings. The molecule has 0 saturated heterocycles. The van der Waals surface area contributed by atoms with Crippen molar-refractivity contribution < 1.29 is 30.6 Å². The Bertz CT molecular complexity index is 1480. The highest BCUT2D eigenvalue weighted by molar-refractivity contribution is 7.85. The Morgan fingerprint density at radius 3 is 2.09 bits per heavy atom. The fraction of sp³-hybridized carbons (Fsp3) is 0.105. The van der Waals surface area contributed by atoms with Crippen molar-refractivity contribution in [1.82, 2.24) is 19.7 Å². The van der Waals surface area contributed by atoms with Crippen LogP contribution in [0, 0.1) is 0 Å². The number of nitrogen functional groups attached to an aromatic ring is 1. The topological polar surface area (TPSA) is 86.7 Å². The lowest BCUT2D eigenvalue weighted by atomic mass is 10.2. The van der Waals surface area contributed by atoms with E-state index < -0.39 is 72.1 Å². The molecule has 1 unspecified atom stereocenters. The quantitative estimate of drug-likeness (QED) is 0.221. The lowest BCUT2D eigenvalue weighted by Crippen LogP contribution is -2.13. The van der Waals surface area contributed by atoms with Crippen LogP contribution in [-0.4, -0.2) is 24.0 Å². The molecule has 2 aromatic heterocycles. The van der Waals surface area contributed by atoms with E-state index in [1.54, 1.807) is 0 Å². The summed E-state index contributed by atoms with van der Waals surface area (Å²) in [5.41, 5.74) is 2.07. The number of hydrogen-bond donors (Lipinski definition) is 1. The van der Waals surface area contributed by atoms with E-state index in [1.165, 1.54) is 24.3 Å². The molecule has 1 atom stereocenters. The first kappa shape index (κ1) is 25.5. The molecule has 2 aromatic carbocycles. The Morgan fingerprint density at radius 2 is 1.54 bits per heavy atom. The number of alkyl halides is 6. The van der Waals surface area contributed by atoms with Gasteiger partial charge in [-0.25, -0.2) is 13.9 Å². The Labute approximate surface area is 209 Å². The lowest BCUT2D eigenvalue weighted by Gasteiger charge is -2.13. The van der Waals surface area contributed by atoms with E-state index >= 15 is 0 Å². The third-order valence-electron chi connectivity index (χ3n) is 4.55. The molecule has 2 heterocycles. The van der Waals surface area contributed by atoms with Crippen molar-refractivity contribution in [2.45, 2.75) is 22.4 Å². The van der Waals surface area contributed by atoms with Gasteiger partial charge in [-0.2, -0.15) is 31.3 Å². The van der Waals surface area contributed by atoms with Gasteiger partial charge in [0, 0.05) is 9.92 Å². The van der Waals surface area contributed by atoms with Crippen LogP contribution >= 0.6 is 34.8 Å². The van der Waals surface area contributed by atoms with Crippen molar-refractivity contribution in [2.24, 2.45) is 0 Å². The zero-order chi connectivity index (χ0) is 25.9. The zero-order valence-corrected chi connectivity index (χ0v) is 19.6. The average molecular weight is 575 g/mol. The number of benzene rings is 2. The monoisotopic (exact) mass is 573 g/mol. The van der Waals surface area contributed by atoms with Crippen LogP contribution in [0.1, 0.15) is 11.3 Å². The summed E-state index contributed by atoms with van der Waals surface area (Å²) >= 11 is 17.8. The summed E-state index contributed by atoms with van der Waals surface area (Å²) in [5, 5.41) is 1.32. The van der Waals surface area contributed by atoms with E-state index in [0.29, 0.717) is 16.8 Å². The van der Waals surface area contributed by atoms with Gasteiger partial charge in [-0.15, -0.1) is 5.10 Å². The van der Waals surface area contributed by atoms with Gasteiger partial charge in [-0.1, -0.05) is 40.9 Å². The number of rotatable bonds is 3. The molecule has 0 spiro atoms. The number of anilines is 1. The number of aromatic nitrogens is 4. The minimum atomic E-state index is -5.09. The van der Waals surface area contributed by atoms with Gasteiger partial charge >= 0.3 is 12.4 Å². The van der Waals surface area contributed by atoms with Crippen LogP contribution in [0.5, 0.6) is 0 Å². The van der Waals surface area contributed by atoms with E-state index in [9.17, 15) is 30.6 Å². The van der Waals surface area contributed by atoms with Crippen molar-refractivity contribution in [3.8, 4) is 5.69 Å². The molecule has 4 aromatic rings. The van der Waals surface area contributed by atoms with Crippen molar-refractivity contribution >= 4 is 62.5 Å². The zero-order valence-electron chi connectivity index (χ0n) is 16.5. The Hall–Kier alpha value is -2.61.